The normalized spacial score (nSPS) is 15.5. The fourth-order valence-corrected chi connectivity index (χ4v) is 2.09. The van der Waals surface area contributed by atoms with Crippen molar-refractivity contribution < 1.29 is 32.7 Å². The van der Waals surface area contributed by atoms with Crippen molar-refractivity contribution in [3.8, 4) is 0 Å². The zero-order valence-electron chi connectivity index (χ0n) is 12.7. The van der Waals surface area contributed by atoms with E-state index in [2.05, 4.69) is 5.32 Å². The van der Waals surface area contributed by atoms with Gasteiger partial charge in [0.2, 0.25) is 5.91 Å². The monoisotopic (exact) mass is 344 g/mol. The number of hydrogen-bond donors (Lipinski definition) is 3. The Morgan fingerprint density at radius 2 is 1.88 bits per heavy atom. The van der Waals surface area contributed by atoms with Crippen molar-refractivity contribution in [2.45, 2.75) is 25.9 Å². The summed E-state index contributed by atoms with van der Waals surface area (Å²) in [7, 11) is 0. The van der Waals surface area contributed by atoms with Crippen LogP contribution in [0.4, 0.5) is 18.9 Å². The number of benzene rings is 1. The first kappa shape index (κ1) is 17.8. The molecule has 6 nitrogen and oxygen atoms in total. The molecule has 1 aromatic carbocycles. The molecule has 1 aliphatic carbocycles. The summed E-state index contributed by atoms with van der Waals surface area (Å²) in [6.07, 6.45) is -4.09. The predicted octanol–water partition coefficient (Wildman–Crippen LogP) is 2.09. The molecule has 2 rings (SSSR count). The standard InChI is InChI=1S/C15H15F3N2O4/c1-8-2-3-9(11(21)19-7-15(16,17)18)6-10(8)20-12(22)14(4-5-14)13(23)24/h2-3,6H,4-5,7H2,1H3,(H,19,21)(H,20,22)(H,23,24). The van der Waals surface area contributed by atoms with Gasteiger partial charge in [0, 0.05) is 11.3 Å². The maximum Gasteiger partial charge on any atom is 0.405 e. The number of anilines is 1. The zero-order valence-corrected chi connectivity index (χ0v) is 12.7. The molecule has 0 spiro atoms. The second-order valence-electron chi connectivity index (χ2n) is 5.67. The van der Waals surface area contributed by atoms with Gasteiger partial charge in [0.05, 0.1) is 0 Å². The van der Waals surface area contributed by atoms with Crippen LogP contribution in [-0.4, -0.2) is 35.6 Å². The van der Waals surface area contributed by atoms with Gasteiger partial charge in [-0.2, -0.15) is 13.2 Å². The van der Waals surface area contributed by atoms with Crippen LogP contribution in [0.2, 0.25) is 0 Å². The molecular formula is C15H15F3N2O4. The second-order valence-corrected chi connectivity index (χ2v) is 5.67. The number of rotatable bonds is 5. The van der Waals surface area contributed by atoms with Crippen LogP contribution in [0.1, 0.15) is 28.8 Å². The third-order valence-electron chi connectivity index (χ3n) is 3.79. The van der Waals surface area contributed by atoms with Gasteiger partial charge < -0.3 is 15.7 Å². The molecular weight excluding hydrogens is 329 g/mol. The fraction of sp³-hybridized carbons (Fsp3) is 0.400. The van der Waals surface area contributed by atoms with Gasteiger partial charge in [-0.1, -0.05) is 6.07 Å². The summed E-state index contributed by atoms with van der Waals surface area (Å²) in [5.41, 5.74) is -0.787. The molecule has 0 unspecified atom stereocenters. The quantitative estimate of drug-likeness (QED) is 0.713. The van der Waals surface area contributed by atoms with E-state index in [9.17, 15) is 27.6 Å². The highest BCUT2D eigenvalue weighted by molar-refractivity contribution is 6.11. The van der Waals surface area contributed by atoms with Crippen molar-refractivity contribution in [1.29, 1.82) is 0 Å². The second kappa shape index (κ2) is 6.14. The smallest absolute Gasteiger partial charge is 0.405 e. The molecule has 130 valence electrons. The zero-order chi connectivity index (χ0) is 18.1. The van der Waals surface area contributed by atoms with Gasteiger partial charge >= 0.3 is 12.1 Å². The van der Waals surface area contributed by atoms with Crippen molar-refractivity contribution in [2.24, 2.45) is 5.41 Å². The summed E-state index contributed by atoms with van der Waals surface area (Å²) >= 11 is 0. The SMILES string of the molecule is Cc1ccc(C(=O)NCC(F)(F)F)cc1NC(=O)C1(C(=O)O)CC1. The van der Waals surface area contributed by atoms with Crippen LogP contribution in [0.15, 0.2) is 18.2 Å². The van der Waals surface area contributed by atoms with Gasteiger partial charge in [0.15, 0.2) is 0 Å². The van der Waals surface area contributed by atoms with E-state index in [1.807, 2.05) is 0 Å². The average Bonchev–Trinajstić information content (AvgIpc) is 3.28. The van der Waals surface area contributed by atoms with E-state index in [1.165, 1.54) is 18.2 Å². The molecule has 0 atom stereocenters. The van der Waals surface area contributed by atoms with E-state index >= 15 is 0 Å². The molecule has 0 heterocycles. The van der Waals surface area contributed by atoms with Crippen molar-refractivity contribution >= 4 is 23.5 Å². The van der Waals surface area contributed by atoms with E-state index in [-0.39, 0.29) is 24.1 Å². The average molecular weight is 344 g/mol. The highest BCUT2D eigenvalue weighted by atomic mass is 19.4. The molecule has 0 radical (unpaired) electrons. The largest absolute Gasteiger partial charge is 0.480 e. The maximum absolute atomic E-state index is 12.1. The van der Waals surface area contributed by atoms with E-state index in [4.69, 9.17) is 5.11 Å². The summed E-state index contributed by atoms with van der Waals surface area (Å²) in [4.78, 5) is 35.0. The molecule has 0 aromatic heterocycles. The minimum Gasteiger partial charge on any atom is -0.480 e. The lowest BCUT2D eigenvalue weighted by Crippen LogP contribution is -2.34. The summed E-state index contributed by atoms with van der Waals surface area (Å²) in [5.74, 6) is -2.87. The maximum atomic E-state index is 12.1. The molecule has 0 bridgehead atoms. The van der Waals surface area contributed by atoms with E-state index in [0.29, 0.717) is 5.56 Å². The van der Waals surface area contributed by atoms with Crippen LogP contribution in [0.3, 0.4) is 0 Å². The Hall–Kier alpha value is -2.58. The molecule has 1 aliphatic rings. The van der Waals surface area contributed by atoms with E-state index in [0.717, 1.165) is 0 Å². The number of halogens is 3. The molecule has 0 aliphatic heterocycles. The highest BCUT2D eigenvalue weighted by Gasteiger charge is 2.57. The summed E-state index contributed by atoms with van der Waals surface area (Å²) in [6, 6.07) is 4.00. The van der Waals surface area contributed by atoms with Crippen molar-refractivity contribution in [1.82, 2.24) is 5.32 Å². The minimum absolute atomic E-state index is 0.0691. The van der Waals surface area contributed by atoms with E-state index < -0.39 is 35.9 Å². The first-order chi connectivity index (χ1) is 11.0. The van der Waals surface area contributed by atoms with Gasteiger partial charge in [-0.25, -0.2) is 0 Å². The van der Waals surface area contributed by atoms with Gasteiger partial charge in [-0.15, -0.1) is 0 Å². The predicted molar refractivity (Wildman–Crippen MR) is 77.5 cm³/mol. The summed E-state index contributed by atoms with van der Waals surface area (Å²) < 4.78 is 36.4. The Bertz CT molecular complexity index is 696. The molecule has 1 aromatic rings. The van der Waals surface area contributed by atoms with Crippen LogP contribution in [-0.2, 0) is 9.59 Å². The van der Waals surface area contributed by atoms with Crippen LogP contribution in [0, 0.1) is 12.3 Å². The van der Waals surface area contributed by atoms with Crippen molar-refractivity contribution in [3.05, 3.63) is 29.3 Å². The summed E-state index contributed by atoms with van der Waals surface area (Å²) in [5, 5.41) is 13.2. The minimum atomic E-state index is -4.53. The van der Waals surface area contributed by atoms with Crippen LogP contribution in [0.25, 0.3) is 0 Å². The topological polar surface area (TPSA) is 95.5 Å². The third kappa shape index (κ3) is 3.84. The molecule has 3 N–H and O–H groups in total. The molecule has 0 saturated heterocycles. The van der Waals surface area contributed by atoms with Crippen LogP contribution in [0.5, 0.6) is 0 Å². The van der Waals surface area contributed by atoms with Gasteiger partial charge in [0.25, 0.3) is 5.91 Å². The number of aryl methyl sites for hydroxylation is 1. The van der Waals surface area contributed by atoms with E-state index in [1.54, 1.807) is 12.2 Å². The Balaban J connectivity index is 2.13. The number of carbonyl (C=O) groups is 3. The Labute approximate surface area is 135 Å². The Morgan fingerprint density at radius 1 is 1.25 bits per heavy atom. The van der Waals surface area contributed by atoms with Gasteiger partial charge in [0.1, 0.15) is 12.0 Å². The number of alkyl halides is 3. The first-order valence-electron chi connectivity index (χ1n) is 7.06. The van der Waals surface area contributed by atoms with Crippen LogP contribution >= 0.6 is 0 Å². The number of aliphatic carboxylic acids is 1. The number of amides is 2. The Kier molecular flexibility index (Phi) is 4.54. The first-order valence-corrected chi connectivity index (χ1v) is 7.06. The number of nitrogens with one attached hydrogen (secondary N) is 2. The number of carboxylic acid groups (broad SMARTS) is 1. The third-order valence-corrected chi connectivity index (χ3v) is 3.79. The fourth-order valence-electron chi connectivity index (χ4n) is 2.09. The molecule has 1 fully saturated rings. The van der Waals surface area contributed by atoms with Gasteiger partial charge in [-0.05, 0) is 37.5 Å². The number of carbonyl (C=O) groups excluding carboxylic acids is 2. The highest BCUT2D eigenvalue weighted by Crippen LogP contribution is 2.46. The lowest BCUT2D eigenvalue weighted by Gasteiger charge is -2.14. The summed E-state index contributed by atoms with van der Waals surface area (Å²) in [6.45, 7) is 0.150. The molecule has 24 heavy (non-hydrogen) atoms. The number of carboxylic acids is 1. The van der Waals surface area contributed by atoms with Gasteiger partial charge in [-0.3, -0.25) is 14.4 Å². The van der Waals surface area contributed by atoms with Crippen molar-refractivity contribution in [3.63, 3.8) is 0 Å². The lowest BCUT2D eigenvalue weighted by atomic mass is 10.1. The Morgan fingerprint density at radius 3 is 2.38 bits per heavy atom. The molecule has 2 amide bonds. The van der Waals surface area contributed by atoms with Crippen molar-refractivity contribution in [2.75, 3.05) is 11.9 Å². The lowest BCUT2D eigenvalue weighted by molar-refractivity contribution is -0.147. The number of hydrogen-bond acceptors (Lipinski definition) is 3. The van der Waals surface area contributed by atoms with Crippen LogP contribution < -0.4 is 10.6 Å². The molecule has 1 saturated carbocycles. The molecule has 9 heteroatoms.